The number of imidazole rings is 1. The van der Waals surface area contributed by atoms with Gasteiger partial charge >= 0.3 is 0 Å². The highest BCUT2D eigenvalue weighted by atomic mass is 15.0. The molecule has 0 radical (unpaired) electrons. The van der Waals surface area contributed by atoms with E-state index in [1.807, 2.05) is 13.2 Å². The lowest BCUT2D eigenvalue weighted by molar-refractivity contribution is 0.772. The van der Waals surface area contributed by atoms with Crippen LogP contribution >= 0.6 is 0 Å². The van der Waals surface area contributed by atoms with Gasteiger partial charge in [-0.3, -0.25) is 0 Å². The van der Waals surface area contributed by atoms with Crippen molar-refractivity contribution in [3.05, 3.63) is 42.0 Å². The summed E-state index contributed by atoms with van der Waals surface area (Å²) in [7, 11) is 4.03. The number of nitrogens with one attached hydrogen (secondary N) is 2. The van der Waals surface area contributed by atoms with Crippen molar-refractivity contribution in [1.82, 2.24) is 19.9 Å². The molecule has 4 nitrogen and oxygen atoms in total. The maximum absolute atomic E-state index is 4.41. The van der Waals surface area contributed by atoms with Gasteiger partial charge in [-0.15, -0.1) is 0 Å². The number of H-pyrrole nitrogens is 1. The van der Waals surface area contributed by atoms with Crippen LogP contribution in [0, 0.1) is 6.92 Å². The Bertz CT molecular complexity index is 721. The maximum atomic E-state index is 4.41. The highest BCUT2D eigenvalue weighted by Gasteiger charge is 2.14. The van der Waals surface area contributed by atoms with Gasteiger partial charge in [0.2, 0.25) is 0 Å². The Morgan fingerprint density at radius 3 is 2.89 bits per heavy atom. The van der Waals surface area contributed by atoms with E-state index in [9.17, 15) is 0 Å². The van der Waals surface area contributed by atoms with Gasteiger partial charge in [0.25, 0.3) is 0 Å². The molecule has 19 heavy (non-hydrogen) atoms. The Balaban J connectivity index is 2.21. The van der Waals surface area contributed by atoms with E-state index in [0.29, 0.717) is 0 Å². The zero-order valence-electron chi connectivity index (χ0n) is 11.5. The predicted octanol–water partition coefficient (Wildman–Crippen LogP) is 2.60. The van der Waals surface area contributed by atoms with Crippen LogP contribution in [0.25, 0.3) is 22.2 Å². The first-order chi connectivity index (χ1) is 9.22. The van der Waals surface area contributed by atoms with Crippen LogP contribution in [0.4, 0.5) is 0 Å². The van der Waals surface area contributed by atoms with E-state index >= 15 is 0 Å². The van der Waals surface area contributed by atoms with Gasteiger partial charge in [0.05, 0.1) is 18.4 Å². The zero-order chi connectivity index (χ0) is 13.4. The van der Waals surface area contributed by atoms with Gasteiger partial charge in [0, 0.05) is 29.2 Å². The quantitative estimate of drug-likeness (QED) is 0.754. The van der Waals surface area contributed by atoms with Gasteiger partial charge in [-0.05, 0) is 20.0 Å². The molecule has 2 aromatic heterocycles. The Hall–Kier alpha value is -2.07. The second kappa shape index (κ2) is 4.55. The van der Waals surface area contributed by atoms with Crippen molar-refractivity contribution in [2.75, 3.05) is 7.05 Å². The van der Waals surface area contributed by atoms with Crippen LogP contribution in [-0.2, 0) is 13.6 Å². The molecule has 0 fully saturated rings. The molecule has 0 aliphatic heterocycles. The molecule has 0 aliphatic rings. The number of benzene rings is 1. The molecule has 0 amide bonds. The summed E-state index contributed by atoms with van der Waals surface area (Å²) in [5.74, 6) is 0.963. The lowest BCUT2D eigenvalue weighted by Crippen LogP contribution is -2.06. The molecule has 4 heteroatoms. The minimum Gasteiger partial charge on any atom is -0.347 e. The van der Waals surface area contributed by atoms with E-state index in [1.165, 1.54) is 22.2 Å². The monoisotopic (exact) mass is 254 g/mol. The van der Waals surface area contributed by atoms with Crippen molar-refractivity contribution >= 4 is 10.9 Å². The van der Waals surface area contributed by atoms with Gasteiger partial charge < -0.3 is 14.9 Å². The normalized spacial score (nSPS) is 11.3. The summed E-state index contributed by atoms with van der Waals surface area (Å²) in [4.78, 5) is 7.80. The van der Waals surface area contributed by atoms with E-state index in [1.54, 1.807) is 0 Å². The smallest absolute Gasteiger partial charge is 0.120 e. The Labute approximate surface area is 112 Å². The van der Waals surface area contributed by atoms with Crippen LogP contribution in [-0.4, -0.2) is 21.6 Å². The fourth-order valence-electron chi connectivity index (χ4n) is 2.61. The molecule has 2 N–H and O–H groups in total. The zero-order valence-corrected chi connectivity index (χ0v) is 11.5. The Morgan fingerprint density at radius 1 is 1.32 bits per heavy atom. The Kier molecular flexibility index (Phi) is 2.87. The van der Waals surface area contributed by atoms with Gasteiger partial charge in [-0.1, -0.05) is 18.2 Å². The van der Waals surface area contributed by atoms with Crippen LogP contribution in [0.3, 0.4) is 0 Å². The molecule has 3 rings (SSSR count). The fraction of sp³-hybridized carbons (Fsp3) is 0.267. The number of fused-ring (bicyclic) bond motifs is 1. The van der Waals surface area contributed by atoms with E-state index in [4.69, 9.17) is 0 Å². The average Bonchev–Trinajstić information content (AvgIpc) is 2.96. The topological polar surface area (TPSA) is 45.6 Å². The molecular weight excluding hydrogens is 236 g/mol. The van der Waals surface area contributed by atoms with E-state index < -0.39 is 0 Å². The molecule has 3 aromatic rings. The van der Waals surface area contributed by atoms with Crippen molar-refractivity contribution < 1.29 is 0 Å². The van der Waals surface area contributed by atoms with Crippen LogP contribution in [0.2, 0.25) is 0 Å². The molecule has 0 saturated heterocycles. The van der Waals surface area contributed by atoms with Gasteiger partial charge in [0.1, 0.15) is 5.82 Å². The van der Waals surface area contributed by atoms with E-state index in [0.717, 1.165) is 18.1 Å². The molecular formula is C15H18N4. The molecule has 0 bridgehead atoms. The summed E-state index contributed by atoms with van der Waals surface area (Å²) < 4.78 is 2.23. The van der Waals surface area contributed by atoms with Crippen LogP contribution < -0.4 is 5.32 Å². The number of para-hydroxylation sites is 1. The van der Waals surface area contributed by atoms with E-state index in [2.05, 4.69) is 58.1 Å². The summed E-state index contributed by atoms with van der Waals surface area (Å²) in [6.07, 6.45) is 1.92. The maximum Gasteiger partial charge on any atom is 0.120 e. The summed E-state index contributed by atoms with van der Waals surface area (Å²) in [5.41, 5.74) is 4.83. The average molecular weight is 254 g/mol. The number of hydrogen-bond donors (Lipinski definition) is 2. The Morgan fingerprint density at radius 2 is 2.11 bits per heavy atom. The summed E-state index contributed by atoms with van der Waals surface area (Å²) >= 11 is 0. The largest absolute Gasteiger partial charge is 0.347 e. The molecule has 0 unspecified atom stereocenters. The number of rotatable bonds is 3. The molecule has 0 spiro atoms. The van der Waals surface area contributed by atoms with E-state index in [-0.39, 0.29) is 0 Å². The summed E-state index contributed by atoms with van der Waals surface area (Å²) in [6, 6.07) is 8.47. The second-order valence-corrected chi connectivity index (χ2v) is 4.81. The second-order valence-electron chi connectivity index (χ2n) is 4.81. The van der Waals surface area contributed by atoms with Gasteiger partial charge in [-0.25, -0.2) is 4.98 Å². The number of nitrogens with zero attached hydrogens (tertiary/aromatic N) is 2. The highest BCUT2D eigenvalue weighted by molar-refractivity contribution is 5.97. The minimum absolute atomic E-state index is 0.754. The molecule has 98 valence electrons. The van der Waals surface area contributed by atoms with Crippen LogP contribution in [0.15, 0.2) is 30.5 Å². The third-order valence-electron chi connectivity index (χ3n) is 3.64. The highest BCUT2D eigenvalue weighted by Crippen LogP contribution is 2.32. The summed E-state index contributed by atoms with van der Waals surface area (Å²) in [5, 5.41) is 4.37. The number of aryl methyl sites for hydroxylation is 1. The van der Waals surface area contributed by atoms with Crippen LogP contribution in [0.1, 0.15) is 11.5 Å². The lowest BCUT2D eigenvalue weighted by Gasteiger charge is -2.00. The lowest BCUT2D eigenvalue weighted by atomic mass is 10.1. The number of aromatic amines is 1. The third kappa shape index (κ3) is 1.85. The molecule has 0 saturated carbocycles. The number of hydrogen-bond acceptors (Lipinski definition) is 2. The third-order valence-corrected chi connectivity index (χ3v) is 3.64. The molecule has 2 heterocycles. The minimum atomic E-state index is 0.754. The molecule has 0 atom stereocenters. The van der Waals surface area contributed by atoms with Gasteiger partial charge in [0.15, 0.2) is 0 Å². The fourth-order valence-corrected chi connectivity index (χ4v) is 2.61. The SMILES string of the molecule is CNCc1ncc(-c2c(C)n(C)c3ccccc23)[nH]1. The van der Waals surface area contributed by atoms with Crippen molar-refractivity contribution in [2.45, 2.75) is 13.5 Å². The first kappa shape index (κ1) is 12.0. The van der Waals surface area contributed by atoms with Crippen molar-refractivity contribution in [2.24, 2.45) is 7.05 Å². The summed E-state index contributed by atoms with van der Waals surface area (Å²) in [6.45, 7) is 2.90. The first-order valence-corrected chi connectivity index (χ1v) is 6.45. The van der Waals surface area contributed by atoms with Gasteiger partial charge in [-0.2, -0.15) is 0 Å². The van der Waals surface area contributed by atoms with Crippen LogP contribution in [0.5, 0.6) is 0 Å². The standard InChI is InChI=1S/C15H18N4/c1-10-15(12-8-17-14(18-12)9-16-2)11-6-4-5-7-13(11)19(10)3/h4-8,16H,9H2,1-3H3,(H,17,18). The predicted molar refractivity (Wildman–Crippen MR) is 78.0 cm³/mol. The molecule has 1 aromatic carbocycles. The van der Waals surface area contributed by atoms with Crippen molar-refractivity contribution in [3.63, 3.8) is 0 Å². The molecule has 0 aliphatic carbocycles. The van der Waals surface area contributed by atoms with Crippen molar-refractivity contribution in [1.29, 1.82) is 0 Å². The number of aromatic nitrogens is 3. The first-order valence-electron chi connectivity index (χ1n) is 6.45. The van der Waals surface area contributed by atoms with Crippen molar-refractivity contribution in [3.8, 4) is 11.3 Å².